The Labute approximate surface area is 100 Å². The molecule has 98 valence electrons. The standard InChI is InChI=1S/C12H10F5N/c1-5-7-2-6(13)3-10(14)9(7)4-8(5)11(18)12(15,16)17/h2-3,11H,4,18H2,1H3. The number of hydrogen-bond acceptors (Lipinski definition) is 1. The Balaban J connectivity index is 2.48. The smallest absolute Gasteiger partial charge is 0.317 e. The quantitative estimate of drug-likeness (QED) is 0.774. The summed E-state index contributed by atoms with van der Waals surface area (Å²) in [5.74, 6) is -1.65. The average molecular weight is 263 g/mol. The number of hydrogen-bond donors (Lipinski definition) is 1. The predicted molar refractivity (Wildman–Crippen MR) is 56.7 cm³/mol. The minimum absolute atomic E-state index is 0.0728. The molecule has 18 heavy (non-hydrogen) atoms. The highest BCUT2D eigenvalue weighted by atomic mass is 19.4. The molecule has 0 radical (unpaired) electrons. The third-order valence-corrected chi connectivity index (χ3v) is 3.14. The molecule has 0 saturated carbocycles. The van der Waals surface area contributed by atoms with E-state index in [4.69, 9.17) is 5.73 Å². The second-order valence-corrected chi connectivity index (χ2v) is 4.26. The molecule has 0 amide bonds. The van der Waals surface area contributed by atoms with Crippen LogP contribution in [0.4, 0.5) is 22.0 Å². The van der Waals surface area contributed by atoms with Crippen LogP contribution in [-0.4, -0.2) is 12.2 Å². The Hall–Kier alpha value is -1.43. The van der Waals surface area contributed by atoms with Crippen LogP contribution in [0.2, 0.25) is 0 Å². The molecule has 0 aliphatic heterocycles. The molecule has 1 nitrogen and oxygen atoms in total. The molecule has 0 fully saturated rings. The Bertz CT molecular complexity index is 530. The van der Waals surface area contributed by atoms with Crippen molar-refractivity contribution < 1.29 is 22.0 Å². The average Bonchev–Trinajstić information content (AvgIpc) is 2.54. The normalized spacial score (nSPS) is 17.1. The summed E-state index contributed by atoms with van der Waals surface area (Å²) in [6.07, 6.45) is -4.82. The summed E-state index contributed by atoms with van der Waals surface area (Å²) in [4.78, 5) is 0. The predicted octanol–water partition coefficient (Wildman–Crippen LogP) is 3.18. The van der Waals surface area contributed by atoms with Gasteiger partial charge in [-0.05, 0) is 41.7 Å². The van der Waals surface area contributed by atoms with Gasteiger partial charge in [-0.15, -0.1) is 0 Å². The van der Waals surface area contributed by atoms with Crippen molar-refractivity contribution >= 4 is 5.57 Å². The monoisotopic (exact) mass is 263 g/mol. The van der Waals surface area contributed by atoms with E-state index in [2.05, 4.69) is 0 Å². The largest absolute Gasteiger partial charge is 0.407 e. The summed E-state index contributed by atoms with van der Waals surface area (Å²) >= 11 is 0. The molecule has 1 aliphatic rings. The maximum Gasteiger partial charge on any atom is 0.407 e. The minimum atomic E-state index is -4.59. The van der Waals surface area contributed by atoms with Gasteiger partial charge in [0, 0.05) is 6.07 Å². The Morgan fingerprint density at radius 2 is 1.83 bits per heavy atom. The summed E-state index contributed by atoms with van der Waals surface area (Å²) in [5, 5.41) is 0. The first-order valence-electron chi connectivity index (χ1n) is 5.22. The fourth-order valence-corrected chi connectivity index (χ4v) is 2.15. The molecule has 0 heterocycles. The van der Waals surface area contributed by atoms with Crippen molar-refractivity contribution in [3.8, 4) is 0 Å². The number of halogens is 5. The highest BCUT2D eigenvalue weighted by Crippen LogP contribution is 2.39. The molecular formula is C12H10F5N. The second-order valence-electron chi connectivity index (χ2n) is 4.26. The minimum Gasteiger partial charge on any atom is -0.317 e. The van der Waals surface area contributed by atoms with Crippen molar-refractivity contribution in [3.63, 3.8) is 0 Å². The second kappa shape index (κ2) is 4.05. The molecule has 2 N–H and O–H groups in total. The molecule has 1 aromatic carbocycles. The van der Waals surface area contributed by atoms with Crippen LogP contribution in [0.5, 0.6) is 0 Å². The van der Waals surface area contributed by atoms with Crippen LogP contribution in [0.25, 0.3) is 5.57 Å². The lowest BCUT2D eigenvalue weighted by atomic mass is 10.0. The van der Waals surface area contributed by atoms with Crippen molar-refractivity contribution in [2.75, 3.05) is 0 Å². The van der Waals surface area contributed by atoms with Gasteiger partial charge in [0.25, 0.3) is 0 Å². The Morgan fingerprint density at radius 3 is 2.39 bits per heavy atom. The number of benzene rings is 1. The van der Waals surface area contributed by atoms with Gasteiger partial charge >= 0.3 is 6.18 Å². The molecule has 2 rings (SSSR count). The van der Waals surface area contributed by atoms with Crippen LogP contribution >= 0.6 is 0 Å². The van der Waals surface area contributed by atoms with Gasteiger partial charge < -0.3 is 5.73 Å². The molecule has 1 aromatic rings. The van der Waals surface area contributed by atoms with Crippen molar-refractivity contribution in [3.05, 3.63) is 40.5 Å². The van der Waals surface area contributed by atoms with Gasteiger partial charge in [0.15, 0.2) is 0 Å². The summed E-state index contributed by atoms with van der Waals surface area (Å²) in [6, 6.07) is -0.453. The summed E-state index contributed by atoms with van der Waals surface area (Å²) < 4.78 is 64.2. The zero-order valence-electron chi connectivity index (χ0n) is 9.41. The van der Waals surface area contributed by atoms with E-state index in [0.29, 0.717) is 6.07 Å². The molecule has 1 atom stereocenters. The number of rotatable bonds is 1. The number of alkyl halides is 3. The van der Waals surface area contributed by atoms with E-state index in [1.54, 1.807) is 0 Å². The first-order chi connectivity index (χ1) is 8.21. The van der Waals surface area contributed by atoms with Crippen molar-refractivity contribution in [1.29, 1.82) is 0 Å². The van der Waals surface area contributed by atoms with Crippen LogP contribution in [0.1, 0.15) is 18.1 Å². The number of nitrogens with two attached hydrogens (primary N) is 1. The van der Waals surface area contributed by atoms with Gasteiger partial charge in [-0.25, -0.2) is 8.78 Å². The number of fused-ring (bicyclic) bond motifs is 1. The molecule has 0 aromatic heterocycles. The summed E-state index contributed by atoms with van der Waals surface area (Å²) in [5.41, 5.74) is 5.45. The van der Waals surface area contributed by atoms with Crippen molar-refractivity contribution in [2.45, 2.75) is 25.6 Å². The maximum absolute atomic E-state index is 13.5. The van der Waals surface area contributed by atoms with Gasteiger partial charge in [0.2, 0.25) is 0 Å². The van der Waals surface area contributed by atoms with Gasteiger partial charge in [0.1, 0.15) is 17.7 Å². The molecule has 0 bridgehead atoms. The molecular weight excluding hydrogens is 253 g/mol. The molecule has 1 unspecified atom stereocenters. The van der Waals surface area contributed by atoms with Crippen molar-refractivity contribution in [2.24, 2.45) is 5.73 Å². The number of allylic oxidation sites excluding steroid dienone is 1. The van der Waals surface area contributed by atoms with E-state index < -0.39 is 23.9 Å². The first-order valence-corrected chi connectivity index (χ1v) is 5.22. The van der Waals surface area contributed by atoms with Crippen LogP contribution in [-0.2, 0) is 6.42 Å². The van der Waals surface area contributed by atoms with E-state index in [1.807, 2.05) is 0 Å². The summed E-state index contributed by atoms with van der Waals surface area (Å²) in [7, 11) is 0. The first kappa shape index (κ1) is 13.0. The van der Waals surface area contributed by atoms with Crippen LogP contribution in [0.3, 0.4) is 0 Å². The zero-order chi connectivity index (χ0) is 13.7. The van der Waals surface area contributed by atoms with Gasteiger partial charge in [-0.2, -0.15) is 13.2 Å². The van der Waals surface area contributed by atoms with E-state index >= 15 is 0 Å². The SMILES string of the molecule is CC1=C(C(N)C(F)(F)F)Cc2c(F)cc(F)cc21. The Kier molecular flexibility index (Phi) is 2.93. The molecule has 0 saturated heterocycles. The van der Waals surface area contributed by atoms with Crippen LogP contribution < -0.4 is 5.73 Å². The van der Waals surface area contributed by atoms with Crippen molar-refractivity contribution in [1.82, 2.24) is 0 Å². The lowest BCUT2D eigenvalue weighted by Crippen LogP contribution is -2.39. The van der Waals surface area contributed by atoms with Gasteiger partial charge in [-0.3, -0.25) is 0 Å². The van der Waals surface area contributed by atoms with Crippen LogP contribution in [0.15, 0.2) is 17.7 Å². The molecule has 0 spiro atoms. The molecule has 1 aliphatic carbocycles. The van der Waals surface area contributed by atoms with E-state index in [0.717, 1.165) is 6.07 Å². The van der Waals surface area contributed by atoms with E-state index in [-0.39, 0.29) is 28.7 Å². The fraction of sp³-hybridized carbons (Fsp3) is 0.333. The zero-order valence-corrected chi connectivity index (χ0v) is 9.41. The van der Waals surface area contributed by atoms with Gasteiger partial charge in [-0.1, -0.05) is 0 Å². The third kappa shape index (κ3) is 2.01. The fourth-order valence-electron chi connectivity index (χ4n) is 2.15. The maximum atomic E-state index is 13.5. The third-order valence-electron chi connectivity index (χ3n) is 3.14. The highest BCUT2D eigenvalue weighted by Gasteiger charge is 2.42. The highest BCUT2D eigenvalue weighted by molar-refractivity contribution is 5.76. The lowest BCUT2D eigenvalue weighted by molar-refractivity contribution is -0.139. The topological polar surface area (TPSA) is 26.0 Å². The van der Waals surface area contributed by atoms with E-state index in [9.17, 15) is 22.0 Å². The lowest BCUT2D eigenvalue weighted by Gasteiger charge is -2.17. The van der Waals surface area contributed by atoms with E-state index in [1.165, 1.54) is 6.92 Å². The molecule has 6 heteroatoms. The van der Waals surface area contributed by atoms with Crippen LogP contribution in [0, 0.1) is 11.6 Å². The van der Waals surface area contributed by atoms with Gasteiger partial charge in [0.05, 0.1) is 0 Å². The summed E-state index contributed by atoms with van der Waals surface area (Å²) in [6.45, 7) is 1.39. The Morgan fingerprint density at radius 1 is 1.22 bits per heavy atom.